The Hall–Kier alpha value is -1.88. The number of methoxy groups -OCH3 is 1. The summed E-state index contributed by atoms with van der Waals surface area (Å²) in [7, 11) is -2.36. The molecule has 2 N–H and O–H groups in total. The second-order valence-electron chi connectivity index (χ2n) is 12.9. The van der Waals surface area contributed by atoms with Crippen molar-refractivity contribution in [3.8, 4) is 5.75 Å². The van der Waals surface area contributed by atoms with E-state index >= 15 is 0 Å². The summed E-state index contributed by atoms with van der Waals surface area (Å²) in [4.78, 5) is 13.1. The van der Waals surface area contributed by atoms with E-state index in [1.807, 2.05) is 13.8 Å². The van der Waals surface area contributed by atoms with Gasteiger partial charge >= 0.3 is 6.09 Å². The maximum Gasteiger partial charge on any atom is 0.407 e. The molecule has 6 rings (SSSR count). The Morgan fingerprint density at radius 3 is 2.27 bits per heavy atom. The van der Waals surface area contributed by atoms with Crippen molar-refractivity contribution in [1.29, 1.82) is 0 Å². The average molecular weight is 579 g/mol. The van der Waals surface area contributed by atoms with Crippen LogP contribution in [0.15, 0.2) is 29.2 Å². The topological polar surface area (TPSA) is 114 Å². The zero-order chi connectivity index (χ0) is 28.4. The van der Waals surface area contributed by atoms with E-state index < -0.39 is 28.3 Å². The number of aliphatic hydroxyl groups is 1. The number of rotatable bonds is 12. The van der Waals surface area contributed by atoms with Crippen LogP contribution in [0.2, 0.25) is 0 Å². The molecule has 4 bridgehead atoms. The highest BCUT2D eigenvalue weighted by atomic mass is 32.2. The minimum atomic E-state index is -3.89. The third-order valence-corrected chi connectivity index (χ3v) is 11.4. The molecule has 5 fully saturated rings. The van der Waals surface area contributed by atoms with Gasteiger partial charge in [-0.05, 0) is 98.3 Å². The van der Waals surface area contributed by atoms with E-state index in [-0.39, 0.29) is 30.0 Å². The maximum atomic E-state index is 13.7. The van der Waals surface area contributed by atoms with Gasteiger partial charge in [-0.25, -0.2) is 13.2 Å². The van der Waals surface area contributed by atoms with Crippen LogP contribution in [0.4, 0.5) is 4.79 Å². The minimum absolute atomic E-state index is 0.0448. The second-order valence-corrected chi connectivity index (χ2v) is 14.9. The van der Waals surface area contributed by atoms with Crippen LogP contribution in [-0.2, 0) is 19.5 Å². The molecule has 1 heterocycles. The lowest BCUT2D eigenvalue weighted by Gasteiger charge is -2.55. The molecule has 4 saturated carbocycles. The Kier molecular flexibility index (Phi) is 9.29. The maximum absolute atomic E-state index is 13.7. The van der Waals surface area contributed by atoms with Gasteiger partial charge in [0.25, 0.3) is 0 Å². The van der Waals surface area contributed by atoms with Crippen LogP contribution >= 0.6 is 0 Å². The van der Waals surface area contributed by atoms with Gasteiger partial charge in [-0.15, -0.1) is 0 Å². The van der Waals surface area contributed by atoms with Crippen molar-refractivity contribution < 1.29 is 32.5 Å². The Bertz CT molecular complexity index is 1080. The van der Waals surface area contributed by atoms with Gasteiger partial charge in [0.05, 0.1) is 37.4 Å². The van der Waals surface area contributed by atoms with E-state index in [2.05, 4.69) is 5.32 Å². The van der Waals surface area contributed by atoms with Crippen molar-refractivity contribution >= 4 is 16.1 Å². The Morgan fingerprint density at radius 2 is 1.73 bits per heavy atom. The molecule has 1 aromatic carbocycles. The summed E-state index contributed by atoms with van der Waals surface area (Å²) < 4.78 is 44.9. The van der Waals surface area contributed by atoms with Gasteiger partial charge in [0.2, 0.25) is 10.0 Å². The molecule has 1 amide bonds. The van der Waals surface area contributed by atoms with Crippen molar-refractivity contribution in [2.24, 2.45) is 35.5 Å². The standard InChI is InChI=1S/C30H46N2O7S/c1-19(2)16-32(40(35,36)26-6-4-24(37-3)5-7-26)17-29(33)28(31-30(34)39-25-8-9-38-18-25)15-27-22-11-20-10-21(13-22)14-23(27)12-20/h4-7,19-23,25,27-29,33H,8-18H2,1-3H3,(H,31,34)/t20?,21?,22?,23?,25-,27?,28+,29-/m1/s1. The number of ether oxygens (including phenoxy) is 3. The summed E-state index contributed by atoms with van der Waals surface area (Å²) >= 11 is 0. The summed E-state index contributed by atoms with van der Waals surface area (Å²) in [6.07, 6.45) is 5.60. The minimum Gasteiger partial charge on any atom is -0.497 e. The number of carbonyl (C=O) groups excluding carboxylic acids is 1. The molecule has 4 aliphatic carbocycles. The first kappa shape index (κ1) is 29.6. The van der Waals surface area contributed by atoms with Gasteiger partial charge < -0.3 is 24.6 Å². The molecule has 0 unspecified atom stereocenters. The summed E-state index contributed by atoms with van der Waals surface area (Å²) in [5.41, 5.74) is 0. The normalized spacial score (nSPS) is 30.9. The van der Waals surface area contributed by atoms with E-state index in [9.17, 15) is 18.3 Å². The zero-order valence-electron chi connectivity index (χ0n) is 24.0. The fourth-order valence-corrected chi connectivity index (χ4v) is 9.50. The lowest BCUT2D eigenvalue weighted by Crippen LogP contribution is -2.54. The number of nitrogens with zero attached hydrogens (tertiary/aromatic N) is 1. The second kappa shape index (κ2) is 12.5. The van der Waals surface area contributed by atoms with E-state index in [4.69, 9.17) is 14.2 Å². The van der Waals surface area contributed by atoms with E-state index in [0.717, 1.165) is 11.8 Å². The molecule has 9 nitrogen and oxygen atoms in total. The molecule has 1 saturated heterocycles. The molecule has 0 spiro atoms. The molecule has 1 aromatic rings. The van der Waals surface area contributed by atoms with Crippen LogP contribution in [0.1, 0.15) is 58.8 Å². The number of hydrogen-bond donors (Lipinski definition) is 2. The van der Waals surface area contributed by atoms with Gasteiger partial charge in [-0.2, -0.15) is 4.31 Å². The predicted octanol–water partition coefficient (Wildman–Crippen LogP) is 4.05. The van der Waals surface area contributed by atoms with Crippen LogP contribution in [0.3, 0.4) is 0 Å². The molecule has 40 heavy (non-hydrogen) atoms. The van der Waals surface area contributed by atoms with Crippen molar-refractivity contribution in [2.45, 2.75) is 81.9 Å². The summed E-state index contributed by atoms with van der Waals surface area (Å²) in [6.45, 7) is 4.98. The van der Waals surface area contributed by atoms with Gasteiger partial charge in [0.15, 0.2) is 0 Å². The van der Waals surface area contributed by atoms with Crippen LogP contribution in [0, 0.1) is 35.5 Å². The number of hydrogen-bond acceptors (Lipinski definition) is 7. The van der Waals surface area contributed by atoms with E-state index in [1.54, 1.807) is 12.1 Å². The Labute approximate surface area is 239 Å². The highest BCUT2D eigenvalue weighted by Crippen LogP contribution is 2.57. The highest BCUT2D eigenvalue weighted by Gasteiger charge is 2.49. The van der Waals surface area contributed by atoms with Crippen molar-refractivity contribution in [3.05, 3.63) is 24.3 Å². The smallest absolute Gasteiger partial charge is 0.407 e. The van der Waals surface area contributed by atoms with E-state index in [0.29, 0.717) is 49.6 Å². The van der Waals surface area contributed by atoms with Crippen LogP contribution in [0.25, 0.3) is 0 Å². The molecule has 0 aromatic heterocycles. The average Bonchev–Trinajstić information content (AvgIpc) is 3.42. The Balaban J connectivity index is 1.34. The van der Waals surface area contributed by atoms with Gasteiger partial charge in [-0.3, -0.25) is 0 Å². The monoisotopic (exact) mass is 578 g/mol. The van der Waals surface area contributed by atoms with Crippen molar-refractivity contribution in [1.82, 2.24) is 9.62 Å². The lowest BCUT2D eigenvalue weighted by atomic mass is 9.51. The third kappa shape index (κ3) is 6.77. The molecule has 224 valence electrons. The molecular weight excluding hydrogens is 532 g/mol. The predicted molar refractivity (Wildman–Crippen MR) is 150 cm³/mol. The third-order valence-electron chi connectivity index (χ3n) is 9.53. The number of alkyl carbamates (subject to hydrolysis) is 1. The first-order chi connectivity index (χ1) is 19.1. The lowest BCUT2D eigenvalue weighted by molar-refractivity contribution is -0.0501. The van der Waals surface area contributed by atoms with Gasteiger partial charge in [-0.1, -0.05) is 13.8 Å². The number of carbonyl (C=O) groups is 1. The van der Waals surface area contributed by atoms with Crippen LogP contribution < -0.4 is 10.1 Å². The molecule has 3 atom stereocenters. The highest BCUT2D eigenvalue weighted by molar-refractivity contribution is 7.89. The van der Waals surface area contributed by atoms with Gasteiger partial charge in [0.1, 0.15) is 11.9 Å². The molecule has 5 aliphatic rings. The molecule has 1 aliphatic heterocycles. The fourth-order valence-electron chi connectivity index (χ4n) is 7.88. The van der Waals surface area contributed by atoms with Gasteiger partial charge in [0, 0.05) is 19.5 Å². The molecule has 10 heteroatoms. The number of sulfonamides is 1. The SMILES string of the molecule is COc1ccc(S(=O)(=O)N(CC(C)C)C[C@@H](O)[C@H](CC2C3CC4CC(C3)CC2C4)NC(=O)O[C@@H]2CCOC2)cc1. The largest absolute Gasteiger partial charge is 0.497 e. The summed E-state index contributed by atoms with van der Waals surface area (Å²) in [6, 6.07) is 5.68. The quantitative estimate of drug-likeness (QED) is 0.385. The number of benzene rings is 1. The fraction of sp³-hybridized carbons (Fsp3) is 0.767. The Morgan fingerprint density at radius 1 is 1.07 bits per heavy atom. The van der Waals surface area contributed by atoms with E-state index in [1.165, 1.54) is 55.7 Å². The van der Waals surface area contributed by atoms with Crippen molar-refractivity contribution in [2.75, 3.05) is 33.4 Å². The van der Waals surface area contributed by atoms with Crippen molar-refractivity contribution in [3.63, 3.8) is 0 Å². The summed E-state index contributed by atoms with van der Waals surface area (Å²) in [5, 5.41) is 14.6. The molecule has 0 radical (unpaired) electrons. The number of amides is 1. The summed E-state index contributed by atoms with van der Waals surface area (Å²) in [5.74, 6) is 3.89. The van der Waals surface area contributed by atoms with Crippen LogP contribution in [0.5, 0.6) is 5.75 Å². The number of nitrogens with one attached hydrogen (secondary N) is 1. The number of aliphatic hydroxyl groups excluding tert-OH is 1. The van der Waals surface area contributed by atoms with Crippen LogP contribution in [-0.4, -0.2) is 75.6 Å². The zero-order valence-corrected chi connectivity index (χ0v) is 24.9. The first-order valence-electron chi connectivity index (χ1n) is 15.0. The molecular formula is C30H46N2O7S. The first-order valence-corrected chi connectivity index (χ1v) is 16.4.